The molecule has 1 fully saturated rings. The fourth-order valence-electron chi connectivity index (χ4n) is 3.19. The van der Waals surface area contributed by atoms with E-state index in [1.807, 2.05) is 7.05 Å². The predicted molar refractivity (Wildman–Crippen MR) is 87.9 cm³/mol. The summed E-state index contributed by atoms with van der Waals surface area (Å²) < 4.78 is 6.18. The first-order valence-electron chi connectivity index (χ1n) is 7.76. The molecule has 5 heteroatoms. The molecule has 0 saturated heterocycles. The molecule has 0 unspecified atom stereocenters. The molecule has 2 aromatic heterocycles. The molecule has 3 rings (SSSR count). The second-order valence-electron chi connectivity index (χ2n) is 5.90. The van der Waals surface area contributed by atoms with Gasteiger partial charge in [0.2, 0.25) is 0 Å². The number of nitrogens with one attached hydrogen (secondary N) is 1. The number of aromatic nitrogens is 2. The second-order valence-corrected chi connectivity index (χ2v) is 6.79. The fourth-order valence-corrected chi connectivity index (χ4v) is 3.95. The maximum Gasteiger partial charge on any atom is 0.164 e. The minimum atomic E-state index is -0.301. The number of anilines is 1. The molecule has 0 amide bonds. The molecule has 0 aromatic carbocycles. The Morgan fingerprint density at radius 1 is 1.38 bits per heavy atom. The predicted octanol–water partition coefficient (Wildman–Crippen LogP) is 4.17. The second kappa shape index (κ2) is 5.89. The van der Waals surface area contributed by atoms with Crippen molar-refractivity contribution in [3.8, 4) is 0 Å². The molecular formula is C16H23N3OS. The average molecular weight is 305 g/mol. The Hall–Kier alpha value is -1.20. The molecule has 1 N–H and O–H groups in total. The molecule has 2 aromatic rings. The minimum Gasteiger partial charge on any atom is -0.372 e. The minimum absolute atomic E-state index is 0.301. The lowest BCUT2D eigenvalue weighted by atomic mass is 9.79. The first-order valence-corrected chi connectivity index (χ1v) is 8.64. The van der Waals surface area contributed by atoms with Crippen LogP contribution in [0.1, 0.15) is 45.4 Å². The first-order chi connectivity index (χ1) is 10.2. The smallest absolute Gasteiger partial charge is 0.164 e. The Morgan fingerprint density at radius 2 is 2.14 bits per heavy atom. The highest BCUT2D eigenvalue weighted by Crippen LogP contribution is 2.42. The van der Waals surface area contributed by atoms with Crippen LogP contribution in [0.15, 0.2) is 11.4 Å². The van der Waals surface area contributed by atoms with Crippen molar-refractivity contribution in [2.45, 2.75) is 45.1 Å². The molecule has 0 aliphatic heterocycles. The lowest BCUT2D eigenvalue weighted by molar-refractivity contribution is -0.0833. The normalized spacial score (nSPS) is 26.1. The van der Waals surface area contributed by atoms with E-state index in [2.05, 4.69) is 30.6 Å². The van der Waals surface area contributed by atoms with Crippen molar-refractivity contribution in [2.75, 3.05) is 19.0 Å². The largest absolute Gasteiger partial charge is 0.372 e. The summed E-state index contributed by atoms with van der Waals surface area (Å²) in [5.74, 6) is 2.54. The number of hydrogen-bond donors (Lipinski definition) is 1. The zero-order valence-electron chi connectivity index (χ0n) is 13.0. The molecule has 1 aliphatic carbocycles. The molecule has 0 radical (unpaired) electrons. The van der Waals surface area contributed by atoms with E-state index < -0.39 is 0 Å². The summed E-state index contributed by atoms with van der Waals surface area (Å²) in [5.41, 5.74) is -0.301. The van der Waals surface area contributed by atoms with Crippen LogP contribution in [-0.2, 0) is 10.3 Å². The van der Waals surface area contributed by atoms with Crippen molar-refractivity contribution < 1.29 is 4.74 Å². The van der Waals surface area contributed by atoms with Crippen molar-refractivity contribution in [3.63, 3.8) is 0 Å². The summed E-state index contributed by atoms with van der Waals surface area (Å²) in [6, 6.07) is 2.08. The Morgan fingerprint density at radius 3 is 2.81 bits per heavy atom. The summed E-state index contributed by atoms with van der Waals surface area (Å²) in [6.07, 6.45) is 4.39. The van der Waals surface area contributed by atoms with Crippen LogP contribution in [0.3, 0.4) is 0 Å². The van der Waals surface area contributed by atoms with Gasteiger partial charge in [0.05, 0.1) is 5.39 Å². The topological polar surface area (TPSA) is 47.0 Å². The van der Waals surface area contributed by atoms with Gasteiger partial charge in [0.1, 0.15) is 16.2 Å². The third-order valence-electron chi connectivity index (χ3n) is 4.47. The molecule has 4 nitrogen and oxygen atoms in total. The average Bonchev–Trinajstić information content (AvgIpc) is 2.97. The Bertz CT molecular complexity index is 617. The molecule has 1 saturated carbocycles. The van der Waals surface area contributed by atoms with Crippen LogP contribution < -0.4 is 5.32 Å². The fraction of sp³-hybridized carbons (Fsp3) is 0.625. The van der Waals surface area contributed by atoms with Gasteiger partial charge in [-0.2, -0.15) is 0 Å². The number of hydrogen-bond acceptors (Lipinski definition) is 5. The Balaban J connectivity index is 2.06. The van der Waals surface area contributed by atoms with Gasteiger partial charge in [-0.25, -0.2) is 9.97 Å². The van der Waals surface area contributed by atoms with Gasteiger partial charge in [0.25, 0.3) is 0 Å². The van der Waals surface area contributed by atoms with Crippen LogP contribution in [0.5, 0.6) is 0 Å². The van der Waals surface area contributed by atoms with E-state index in [0.29, 0.717) is 6.61 Å². The summed E-state index contributed by atoms with van der Waals surface area (Å²) in [4.78, 5) is 10.7. The van der Waals surface area contributed by atoms with Crippen molar-refractivity contribution in [1.29, 1.82) is 0 Å². The number of thiophene rings is 1. The van der Waals surface area contributed by atoms with E-state index in [-0.39, 0.29) is 5.60 Å². The molecule has 1 aliphatic rings. The molecular weight excluding hydrogens is 282 g/mol. The van der Waals surface area contributed by atoms with Crippen LogP contribution in [-0.4, -0.2) is 23.6 Å². The van der Waals surface area contributed by atoms with Crippen LogP contribution in [0, 0.1) is 5.92 Å². The van der Waals surface area contributed by atoms with Crippen LogP contribution >= 0.6 is 11.3 Å². The Labute approximate surface area is 129 Å². The van der Waals surface area contributed by atoms with E-state index in [9.17, 15) is 0 Å². The zero-order chi connectivity index (χ0) is 14.9. The number of nitrogens with zero attached hydrogens (tertiary/aromatic N) is 2. The highest BCUT2D eigenvalue weighted by Gasteiger charge is 2.39. The summed E-state index contributed by atoms with van der Waals surface area (Å²) in [6.45, 7) is 5.08. The van der Waals surface area contributed by atoms with E-state index in [1.165, 1.54) is 12.8 Å². The van der Waals surface area contributed by atoms with E-state index >= 15 is 0 Å². The number of fused-ring (bicyclic) bond motifs is 1. The van der Waals surface area contributed by atoms with Gasteiger partial charge in [-0.05, 0) is 50.0 Å². The summed E-state index contributed by atoms with van der Waals surface area (Å²) >= 11 is 1.67. The highest BCUT2D eigenvalue weighted by molar-refractivity contribution is 7.16. The molecule has 2 heterocycles. The summed E-state index contributed by atoms with van der Waals surface area (Å²) in [5, 5.41) is 6.37. The van der Waals surface area contributed by atoms with Crippen LogP contribution in [0.2, 0.25) is 0 Å². The van der Waals surface area contributed by atoms with Crippen molar-refractivity contribution >= 4 is 27.4 Å². The van der Waals surface area contributed by atoms with Crippen molar-refractivity contribution in [1.82, 2.24) is 9.97 Å². The molecule has 0 atom stereocenters. The third-order valence-corrected chi connectivity index (χ3v) is 5.28. The SMILES string of the molecule is CCOC1(c2nc(NC)c3ccsc3n2)CCC(C)CC1. The molecule has 0 bridgehead atoms. The van der Waals surface area contributed by atoms with Crippen molar-refractivity contribution in [2.24, 2.45) is 5.92 Å². The van der Waals surface area contributed by atoms with Crippen molar-refractivity contribution in [3.05, 3.63) is 17.3 Å². The van der Waals surface area contributed by atoms with E-state index in [0.717, 1.165) is 40.6 Å². The maximum atomic E-state index is 6.18. The Kier molecular flexibility index (Phi) is 4.13. The number of rotatable bonds is 4. The highest BCUT2D eigenvalue weighted by atomic mass is 32.1. The quantitative estimate of drug-likeness (QED) is 0.920. The van der Waals surface area contributed by atoms with Gasteiger partial charge >= 0.3 is 0 Å². The van der Waals surface area contributed by atoms with E-state index in [1.54, 1.807) is 11.3 Å². The standard InChI is InChI=1S/C16H23N3OS/c1-4-20-16(8-5-11(2)6-9-16)15-18-13(17-3)12-7-10-21-14(12)19-15/h7,10-11H,4-6,8-9H2,1-3H3,(H,17,18,19). The van der Waals surface area contributed by atoms with Gasteiger partial charge in [0, 0.05) is 13.7 Å². The van der Waals surface area contributed by atoms with Crippen LogP contribution in [0.4, 0.5) is 5.82 Å². The van der Waals surface area contributed by atoms with Gasteiger partial charge in [0.15, 0.2) is 5.82 Å². The van der Waals surface area contributed by atoms with Gasteiger partial charge < -0.3 is 10.1 Å². The maximum absolute atomic E-state index is 6.18. The zero-order valence-corrected chi connectivity index (χ0v) is 13.8. The molecule has 21 heavy (non-hydrogen) atoms. The lowest BCUT2D eigenvalue weighted by Gasteiger charge is -2.37. The van der Waals surface area contributed by atoms with Gasteiger partial charge in [-0.1, -0.05) is 6.92 Å². The van der Waals surface area contributed by atoms with E-state index in [4.69, 9.17) is 14.7 Å². The van der Waals surface area contributed by atoms with Gasteiger partial charge in [-0.3, -0.25) is 0 Å². The first kappa shape index (κ1) is 14.7. The van der Waals surface area contributed by atoms with Crippen LogP contribution in [0.25, 0.3) is 10.2 Å². The monoisotopic (exact) mass is 305 g/mol. The van der Waals surface area contributed by atoms with Gasteiger partial charge in [-0.15, -0.1) is 11.3 Å². The number of ether oxygens (including phenoxy) is 1. The molecule has 0 spiro atoms. The summed E-state index contributed by atoms with van der Waals surface area (Å²) in [7, 11) is 1.92. The molecule has 114 valence electrons. The third kappa shape index (κ3) is 2.64. The lowest BCUT2D eigenvalue weighted by Crippen LogP contribution is -2.36.